The molecule has 2 heterocycles. The molecule has 3 rings (SSSR count). The van der Waals surface area contributed by atoms with Gasteiger partial charge in [-0.25, -0.2) is 4.98 Å². The number of rotatable bonds is 4. The summed E-state index contributed by atoms with van der Waals surface area (Å²) in [6.07, 6.45) is 2.75. The topological polar surface area (TPSA) is 42.0 Å². The number of fused-ring (bicyclic) bond motifs is 1. The summed E-state index contributed by atoms with van der Waals surface area (Å²) >= 11 is 6.12. The summed E-state index contributed by atoms with van der Waals surface area (Å²) in [5, 5.41) is 9.61. The maximum absolute atomic E-state index is 6.12. The van der Waals surface area contributed by atoms with E-state index in [1.807, 2.05) is 40.9 Å². The van der Waals surface area contributed by atoms with Gasteiger partial charge in [0.1, 0.15) is 5.65 Å². The highest BCUT2D eigenvalue weighted by Gasteiger charge is 2.15. The van der Waals surface area contributed by atoms with Crippen LogP contribution in [-0.4, -0.2) is 9.38 Å². The molecule has 0 fully saturated rings. The molecular formula is C18H19ClN4. The summed E-state index contributed by atoms with van der Waals surface area (Å²) in [6.45, 7) is 6.31. The first kappa shape index (κ1) is 15.7. The van der Waals surface area contributed by atoms with Gasteiger partial charge in [-0.1, -0.05) is 50.6 Å². The van der Waals surface area contributed by atoms with Crippen molar-refractivity contribution in [3.05, 3.63) is 58.9 Å². The van der Waals surface area contributed by atoms with E-state index in [-0.39, 0.29) is 5.92 Å². The second-order valence-electron chi connectivity index (χ2n) is 5.73. The van der Waals surface area contributed by atoms with Gasteiger partial charge in [-0.3, -0.25) is 4.40 Å². The fourth-order valence-corrected chi connectivity index (χ4v) is 2.68. The summed E-state index contributed by atoms with van der Waals surface area (Å²) in [7, 11) is 0. The van der Waals surface area contributed by atoms with Gasteiger partial charge in [-0.05, 0) is 36.1 Å². The molecule has 4 nitrogen and oxygen atoms in total. The van der Waals surface area contributed by atoms with E-state index >= 15 is 0 Å². The van der Waals surface area contributed by atoms with Crippen LogP contribution in [0.5, 0.6) is 0 Å². The smallest absolute Gasteiger partial charge is 0.183 e. The molecule has 0 bridgehead atoms. The summed E-state index contributed by atoms with van der Waals surface area (Å²) in [5.74, 6) is 0.993. The van der Waals surface area contributed by atoms with Crippen molar-refractivity contribution in [3.63, 3.8) is 0 Å². The number of nitrogens with zero attached hydrogens (tertiary/aromatic N) is 4. The Morgan fingerprint density at radius 3 is 2.65 bits per heavy atom. The van der Waals surface area contributed by atoms with Gasteiger partial charge in [-0.2, -0.15) is 0 Å². The van der Waals surface area contributed by atoms with Crippen LogP contribution in [0, 0.1) is 0 Å². The summed E-state index contributed by atoms with van der Waals surface area (Å²) in [5.41, 5.74) is 3.82. The molecule has 118 valence electrons. The first-order valence-corrected chi connectivity index (χ1v) is 8.15. The van der Waals surface area contributed by atoms with Gasteiger partial charge in [0.05, 0.1) is 16.4 Å². The van der Waals surface area contributed by atoms with Crippen molar-refractivity contribution < 1.29 is 0 Å². The standard InChI is InChI=1S/C18H19ClN4/c1-4-13-7-5-6-8-15(13)21-22-18-17(12(2)3)20-16-10-9-14(19)11-23(16)18/h5-12H,4H2,1-3H3. The van der Waals surface area contributed by atoms with Crippen molar-refractivity contribution in [2.75, 3.05) is 0 Å². The van der Waals surface area contributed by atoms with E-state index in [0.29, 0.717) is 5.02 Å². The third-order valence-corrected chi connectivity index (χ3v) is 3.98. The first-order valence-electron chi connectivity index (χ1n) is 7.77. The van der Waals surface area contributed by atoms with Gasteiger partial charge in [0.25, 0.3) is 0 Å². The highest BCUT2D eigenvalue weighted by atomic mass is 35.5. The van der Waals surface area contributed by atoms with Gasteiger partial charge in [0, 0.05) is 6.20 Å². The maximum Gasteiger partial charge on any atom is 0.183 e. The van der Waals surface area contributed by atoms with Crippen molar-refractivity contribution in [3.8, 4) is 0 Å². The molecule has 0 spiro atoms. The van der Waals surface area contributed by atoms with Crippen LogP contribution in [0.15, 0.2) is 52.8 Å². The average Bonchev–Trinajstić information content (AvgIpc) is 2.91. The van der Waals surface area contributed by atoms with E-state index in [1.54, 1.807) is 0 Å². The predicted molar refractivity (Wildman–Crippen MR) is 94.3 cm³/mol. The second kappa shape index (κ2) is 6.50. The number of azo groups is 1. The third-order valence-electron chi connectivity index (χ3n) is 3.76. The molecule has 0 aliphatic heterocycles. The number of hydrogen-bond acceptors (Lipinski definition) is 3. The minimum Gasteiger partial charge on any atom is -0.281 e. The molecule has 1 aromatic carbocycles. The van der Waals surface area contributed by atoms with Crippen molar-refractivity contribution in [1.29, 1.82) is 0 Å². The molecule has 3 aromatic rings. The molecule has 23 heavy (non-hydrogen) atoms. The van der Waals surface area contributed by atoms with Crippen LogP contribution in [0.1, 0.15) is 37.9 Å². The molecule has 0 amide bonds. The minimum atomic E-state index is 0.254. The monoisotopic (exact) mass is 326 g/mol. The van der Waals surface area contributed by atoms with Crippen molar-refractivity contribution >= 4 is 28.8 Å². The van der Waals surface area contributed by atoms with Crippen LogP contribution >= 0.6 is 11.6 Å². The normalized spacial score (nSPS) is 11.9. The summed E-state index contributed by atoms with van der Waals surface area (Å²) < 4.78 is 1.90. The zero-order valence-electron chi connectivity index (χ0n) is 13.5. The maximum atomic E-state index is 6.12. The number of halogens is 1. The van der Waals surface area contributed by atoms with E-state index in [4.69, 9.17) is 11.6 Å². The predicted octanol–water partition coefficient (Wildman–Crippen LogP) is 6.09. The molecule has 0 aliphatic rings. The number of imidazole rings is 1. The highest BCUT2D eigenvalue weighted by molar-refractivity contribution is 6.30. The fourth-order valence-electron chi connectivity index (χ4n) is 2.52. The molecule has 5 heteroatoms. The molecule has 2 aromatic heterocycles. The average molecular weight is 327 g/mol. The summed E-state index contributed by atoms with van der Waals surface area (Å²) in [4.78, 5) is 4.66. The Kier molecular flexibility index (Phi) is 4.44. The van der Waals surface area contributed by atoms with E-state index in [1.165, 1.54) is 5.56 Å². The van der Waals surface area contributed by atoms with E-state index in [2.05, 4.69) is 42.1 Å². The Balaban J connectivity index is 2.13. The van der Waals surface area contributed by atoms with Gasteiger partial charge < -0.3 is 0 Å². The van der Waals surface area contributed by atoms with Crippen molar-refractivity contribution in [2.24, 2.45) is 10.2 Å². The Morgan fingerprint density at radius 2 is 1.91 bits per heavy atom. The summed E-state index contributed by atoms with van der Waals surface area (Å²) in [6, 6.07) is 11.8. The Labute approximate surface area is 140 Å². The number of benzene rings is 1. The number of aryl methyl sites for hydroxylation is 1. The molecule has 0 N–H and O–H groups in total. The fraction of sp³-hybridized carbons (Fsp3) is 0.278. The lowest BCUT2D eigenvalue weighted by Gasteiger charge is -2.03. The molecule has 0 unspecified atom stereocenters. The molecule has 0 saturated carbocycles. The molecule has 0 aliphatic carbocycles. The minimum absolute atomic E-state index is 0.254. The second-order valence-corrected chi connectivity index (χ2v) is 6.17. The first-order chi connectivity index (χ1) is 11.1. The van der Waals surface area contributed by atoms with Gasteiger partial charge in [-0.15, -0.1) is 10.2 Å². The van der Waals surface area contributed by atoms with Gasteiger partial charge >= 0.3 is 0 Å². The van der Waals surface area contributed by atoms with Gasteiger partial charge in [0.2, 0.25) is 0 Å². The number of aromatic nitrogens is 2. The molecule has 0 saturated heterocycles. The quantitative estimate of drug-likeness (QED) is 0.535. The van der Waals surface area contributed by atoms with Gasteiger partial charge in [0.15, 0.2) is 5.82 Å². The lowest BCUT2D eigenvalue weighted by atomic mass is 10.1. The lowest BCUT2D eigenvalue weighted by molar-refractivity contribution is 0.831. The van der Waals surface area contributed by atoms with Crippen LogP contribution in [-0.2, 0) is 6.42 Å². The highest BCUT2D eigenvalue weighted by Crippen LogP contribution is 2.31. The van der Waals surface area contributed by atoms with Crippen LogP contribution in [0.2, 0.25) is 5.02 Å². The lowest BCUT2D eigenvalue weighted by Crippen LogP contribution is -1.88. The van der Waals surface area contributed by atoms with Crippen LogP contribution in [0.4, 0.5) is 11.5 Å². The number of pyridine rings is 1. The zero-order chi connectivity index (χ0) is 16.4. The third kappa shape index (κ3) is 3.13. The van der Waals surface area contributed by atoms with Crippen molar-refractivity contribution in [2.45, 2.75) is 33.1 Å². The zero-order valence-corrected chi connectivity index (χ0v) is 14.2. The Bertz CT molecular complexity index is 865. The van der Waals surface area contributed by atoms with Crippen molar-refractivity contribution in [1.82, 2.24) is 9.38 Å². The van der Waals surface area contributed by atoms with E-state index in [0.717, 1.165) is 29.3 Å². The van der Waals surface area contributed by atoms with E-state index in [9.17, 15) is 0 Å². The SMILES string of the molecule is CCc1ccccc1N=Nc1c(C(C)C)nc2ccc(Cl)cn12. The molecule has 0 radical (unpaired) electrons. The Hall–Kier alpha value is -2.20. The Morgan fingerprint density at radius 1 is 1.13 bits per heavy atom. The molecule has 0 atom stereocenters. The van der Waals surface area contributed by atoms with Crippen LogP contribution < -0.4 is 0 Å². The number of hydrogen-bond donors (Lipinski definition) is 0. The molecular weight excluding hydrogens is 308 g/mol. The van der Waals surface area contributed by atoms with Crippen LogP contribution in [0.3, 0.4) is 0 Å². The largest absolute Gasteiger partial charge is 0.281 e. The van der Waals surface area contributed by atoms with E-state index < -0.39 is 0 Å². The van der Waals surface area contributed by atoms with Crippen LogP contribution in [0.25, 0.3) is 5.65 Å².